The molecule has 0 radical (unpaired) electrons. The van der Waals surface area contributed by atoms with Gasteiger partial charge in [-0.05, 0) is 24.3 Å². The van der Waals surface area contributed by atoms with Gasteiger partial charge >= 0.3 is 0 Å². The number of piperazine rings is 1. The molecule has 32 heavy (non-hydrogen) atoms. The second kappa shape index (κ2) is 9.16. The van der Waals surface area contributed by atoms with E-state index in [2.05, 4.69) is 0 Å². The molecule has 2 amide bonds. The van der Waals surface area contributed by atoms with Gasteiger partial charge in [-0.3, -0.25) is 14.5 Å². The van der Waals surface area contributed by atoms with Crippen molar-refractivity contribution in [2.24, 2.45) is 0 Å². The lowest BCUT2D eigenvalue weighted by atomic mass is 10.2. The lowest BCUT2D eigenvalue weighted by molar-refractivity contribution is -0.132. The largest absolute Gasteiger partial charge is 0.338 e. The molecular weight excluding hydrogens is 448 g/mol. The Morgan fingerprint density at radius 2 is 1.69 bits per heavy atom. The minimum Gasteiger partial charge on any atom is -0.338 e. The molecule has 2 aromatic carbocycles. The molecule has 8 nitrogen and oxygen atoms in total. The minimum absolute atomic E-state index is 0.176. The van der Waals surface area contributed by atoms with Gasteiger partial charge in [-0.1, -0.05) is 42.1 Å². The van der Waals surface area contributed by atoms with Crippen molar-refractivity contribution in [3.63, 3.8) is 0 Å². The normalized spacial score (nSPS) is 18.3. The molecule has 2 aromatic rings. The first kappa shape index (κ1) is 22.1. The topological polar surface area (TPSA) is 102 Å². The van der Waals surface area contributed by atoms with Gasteiger partial charge in [0.15, 0.2) is 0 Å². The summed E-state index contributed by atoms with van der Waals surface area (Å²) in [6.07, 6.45) is 1.26. The zero-order valence-electron chi connectivity index (χ0n) is 17.0. The van der Waals surface area contributed by atoms with Crippen LogP contribution >= 0.6 is 11.8 Å². The summed E-state index contributed by atoms with van der Waals surface area (Å²) in [6, 6.07) is 17.2. The van der Waals surface area contributed by atoms with Crippen LogP contribution in [0.5, 0.6) is 0 Å². The number of hydrogen-bond donors (Lipinski definition) is 0. The first-order chi connectivity index (χ1) is 15.4. The van der Waals surface area contributed by atoms with Gasteiger partial charge in [0.2, 0.25) is 15.9 Å². The molecule has 10 heteroatoms. The molecule has 0 N–H and O–H groups in total. The maximum atomic E-state index is 13.0. The molecule has 0 atom stereocenters. The van der Waals surface area contributed by atoms with Crippen molar-refractivity contribution < 1.29 is 18.0 Å². The highest BCUT2D eigenvalue weighted by Crippen LogP contribution is 2.38. The average Bonchev–Trinajstić information content (AvgIpc) is 2.82. The third-order valence-electron chi connectivity index (χ3n) is 5.30. The summed E-state index contributed by atoms with van der Waals surface area (Å²) < 4.78 is 26.9. The lowest BCUT2D eigenvalue weighted by Gasteiger charge is -2.36. The number of thioether (sulfide) groups is 1. The predicted molar refractivity (Wildman–Crippen MR) is 119 cm³/mol. The molecular formula is C22H20N4O4S2. The fourth-order valence-corrected chi connectivity index (χ4v) is 6.06. The van der Waals surface area contributed by atoms with E-state index < -0.39 is 10.0 Å². The molecule has 4 rings (SSSR count). The maximum absolute atomic E-state index is 13.0. The van der Waals surface area contributed by atoms with Crippen LogP contribution in [-0.4, -0.2) is 67.1 Å². The molecule has 0 saturated carbocycles. The van der Waals surface area contributed by atoms with Crippen molar-refractivity contribution in [3.8, 4) is 6.07 Å². The van der Waals surface area contributed by atoms with E-state index in [1.807, 2.05) is 12.1 Å². The Hall–Kier alpha value is -3.13. The standard InChI is InChI=1S/C22H20N4O4S2/c23-11-10-21-26(22(28)18-8-4-5-9-19(18)31-21)16-20(27)24-12-14-25(15-13-24)32(29,30)17-6-2-1-3-7-17/h1-10H,12-16H2/b21-10-. The SMILES string of the molecule is N#C/C=C1\Sc2ccccc2C(=O)N1CC(=O)N1CCN(S(=O)(=O)c2ccccc2)CC1. The van der Waals surface area contributed by atoms with Crippen molar-refractivity contribution in [2.75, 3.05) is 32.7 Å². The number of allylic oxidation sites excluding steroid dienone is 1. The van der Waals surface area contributed by atoms with Crippen molar-refractivity contribution in [1.82, 2.24) is 14.1 Å². The lowest BCUT2D eigenvalue weighted by Crippen LogP contribution is -2.53. The number of carbonyl (C=O) groups is 2. The van der Waals surface area contributed by atoms with E-state index in [1.54, 1.807) is 53.4 Å². The van der Waals surface area contributed by atoms with E-state index in [0.717, 1.165) is 4.90 Å². The Bertz CT molecular complexity index is 1210. The number of carbonyl (C=O) groups excluding carboxylic acids is 2. The van der Waals surface area contributed by atoms with Crippen molar-refractivity contribution in [2.45, 2.75) is 9.79 Å². The fraction of sp³-hybridized carbons (Fsp3) is 0.227. The van der Waals surface area contributed by atoms with Crippen LogP contribution in [0.3, 0.4) is 0 Å². The fourth-order valence-electron chi connectivity index (χ4n) is 3.61. The van der Waals surface area contributed by atoms with E-state index in [1.165, 1.54) is 27.0 Å². The molecule has 0 spiro atoms. The van der Waals surface area contributed by atoms with E-state index in [0.29, 0.717) is 10.6 Å². The summed E-state index contributed by atoms with van der Waals surface area (Å²) >= 11 is 1.27. The van der Waals surface area contributed by atoms with Crippen LogP contribution in [0.25, 0.3) is 0 Å². The van der Waals surface area contributed by atoms with Crippen LogP contribution < -0.4 is 0 Å². The number of nitrogens with zero attached hydrogens (tertiary/aromatic N) is 4. The zero-order valence-corrected chi connectivity index (χ0v) is 18.7. The number of nitriles is 1. The van der Waals surface area contributed by atoms with Crippen LogP contribution in [0.4, 0.5) is 0 Å². The number of fused-ring (bicyclic) bond motifs is 1. The smallest absolute Gasteiger partial charge is 0.260 e. The summed E-state index contributed by atoms with van der Waals surface area (Å²) in [5.41, 5.74) is 0.485. The summed E-state index contributed by atoms with van der Waals surface area (Å²) in [6.45, 7) is 0.603. The van der Waals surface area contributed by atoms with Crippen LogP contribution in [0.15, 0.2) is 75.5 Å². The molecule has 164 valence electrons. The quantitative estimate of drug-likeness (QED) is 0.637. The second-order valence-corrected chi connectivity index (χ2v) is 10.2. The Labute approximate surface area is 190 Å². The molecule has 0 aliphatic carbocycles. The summed E-state index contributed by atoms with van der Waals surface area (Å²) in [7, 11) is -3.61. The Morgan fingerprint density at radius 3 is 2.38 bits per heavy atom. The molecule has 1 fully saturated rings. The highest BCUT2D eigenvalue weighted by Gasteiger charge is 2.34. The van der Waals surface area contributed by atoms with Gasteiger partial charge in [0.05, 0.1) is 21.6 Å². The number of hydrogen-bond acceptors (Lipinski definition) is 6. The van der Waals surface area contributed by atoms with Crippen molar-refractivity contribution in [1.29, 1.82) is 5.26 Å². The molecule has 0 aromatic heterocycles. The Morgan fingerprint density at radius 1 is 1.03 bits per heavy atom. The van der Waals surface area contributed by atoms with E-state index >= 15 is 0 Å². The number of amides is 2. The van der Waals surface area contributed by atoms with Gasteiger partial charge in [0.25, 0.3) is 5.91 Å². The van der Waals surface area contributed by atoms with Gasteiger partial charge in [-0.25, -0.2) is 8.42 Å². The molecule has 0 bridgehead atoms. The summed E-state index contributed by atoms with van der Waals surface area (Å²) in [4.78, 5) is 29.7. The Kier molecular flexibility index (Phi) is 6.32. The van der Waals surface area contributed by atoms with Crippen molar-refractivity contribution in [3.05, 3.63) is 71.3 Å². The number of rotatable bonds is 4. The second-order valence-electron chi connectivity index (χ2n) is 7.20. The number of sulfonamides is 1. The van der Waals surface area contributed by atoms with Gasteiger partial charge < -0.3 is 4.90 Å². The highest BCUT2D eigenvalue weighted by atomic mass is 32.2. The first-order valence-electron chi connectivity index (χ1n) is 9.93. The van der Waals surface area contributed by atoms with E-state index in [9.17, 15) is 18.0 Å². The van der Waals surface area contributed by atoms with E-state index in [-0.39, 0.29) is 49.4 Å². The van der Waals surface area contributed by atoms with Crippen LogP contribution in [0.2, 0.25) is 0 Å². The van der Waals surface area contributed by atoms with E-state index in [4.69, 9.17) is 5.26 Å². The zero-order chi connectivity index (χ0) is 22.7. The average molecular weight is 469 g/mol. The molecule has 0 unspecified atom stereocenters. The summed E-state index contributed by atoms with van der Waals surface area (Å²) in [5, 5.41) is 9.52. The third kappa shape index (κ3) is 4.27. The van der Waals surface area contributed by atoms with Gasteiger partial charge in [-0.2, -0.15) is 9.57 Å². The van der Waals surface area contributed by atoms with Gasteiger partial charge in [0.1, 0.15) is 6.54 Å². The van der Waals surface area contributed by atoms with Crippen molar-refractivity contribution >= 4 is 33.6 Å². The van der Waals surface area contributed by atoms with Crippen LogP contribution in [-0.2, 0) is 14.8 Å². The number of benzene rings is 2. The highest BCUT2D eigenvalue weighted by molar-refractivity contribution is 8.03. The predicted octanol–water partition coefficient (Wildman–Crippen LogP) is 2.13. The van der Waals surface area contributed by atoms with Gasteiger partial charge in [-0.15, -0.1) is 0 Å². The van der Waals surface area contributed by atoms with Gasteiger partial charge in [0, 0.05) is 37.2 Å². The summed E-state index contributed by atoms with van der Waals surface area (Å²) in [5.74, 6) is -0.626. The molecule has 2 aliphatic rings. The Balaban J connectivity index is 1.44. The third-order valence-corrected chi connectivity index (χ3v) is 8.33. The molecule has 1 saturated heterocycles. The molecule has 2 aliphatic heterocycles. The molecule has 2 heterocycles. The maximum Gasteiger partial charge on any atom is 0.260 e. The minimum atomic E-state index is -3.61. The first-order valence-corrected chi connectivity index (χ1v) is 12.2. The van der Waals surface area contributed by atoms with Crippen LogP contribution in [0.1, 0.15) is 10.4 Å². The monoisotopic (exact) mass is 468 g/mol. The van der Waals surface area contributed by atoms with Crippen LogP contribution in [0, 0.1) is 11.3 Å².